The van der Waals surface area contributed by atoms with E-state index in [1.165, 1.54) is 11.1 Å². The van der Waals surface area contributed by atoms with Crippen LogP contribution in [0.3, 0.4) is 0 Å². The zero-order chi connectivity index (χ0) is 9.68. The van der Waals surface area contributed by atoms with Gasteiger partial charge in [0.25, 0.3) is 0 Å². The van der Waals surface area contributed by atoms with E-state index in [0.717, 1.165) is 5.69 Å². The largest absolute Gasteiger partial charge is 0.256 e. The van der Waals surface area contributed by atoms with Gasteiger partial charge in [0.05, 0.1) is 5.69 Å². The van der Waals surface area contributed by atoms with Crippen molar-refractivity contribution in [1.82, 2.24) is 4.98 Å². The average molecular weight is 173 g/mol. The van der Waals surface area contributed by atoms with Gasteiger partial charge in [-0.1, -0.05) is 18.2 Å². The summed E-state index contributed by atoms with van der Waals surface area (Å²) in [6.07, 6.45) is 10.0. The molecule has 0 spiro atoms. The van der Waals surface area contributed by atoms with Crippen LogP contribution in [0.1, 0.15) is 30.7 Å². The lowest BCUT2D eigenvalue weighted by Crippen LogP contribution is -1.87. The van der Waals surface area contributed by atoms with Crippen molar-refractivity contribution in [2.24, 2.45) is 0 Å². The Hall–Kier alpha value is -1.37. The summed E-state index contributed by atoms with van der Waals surface area (Å²) in [5, 5.41) is 0. The Kier molecular flexibility index (Phi) is 3.44. The second-order valence-electron chi connectivity index (χ2n) is 2.99. The zero-order valence-corrected chi connectivity index (χ0v) is 8.41. The molecule has 0 aromatic carbocycles. The number of hydrogen-bond acceptors (Lipinski definition) is 1. The van der Waals surface area contributed by atoms with E-state index in [0.29, 0.717) is 0 Å². The van der Waals surface area contributed by atoms with Crippen LogP contribution in [0.5, 0.6) is 0 Å². The third-order valence-corrected chi connectivity index (χ3v) is 1.76. The number of rotatable bonds is 2. The molecule has 1 heterocycles. The third-order valence-electron chi connectivity index (χ3n) is 1.76. The molecule has 0 saturated carbocycles. The van der Waals surface area contributed by atoms with Crippen LogP contribution in [0.4, 0.5) is 0 Å². The van der Waals surface area contributed by atoms with E-state index < -0.39 is 0 Å². The van der Waals surface area contributed by atoms with Crippen molar-refractivity contribution < 1.29 is 0 Å². The van der Waals surface area contributed by atoms with Gasteiger partial charge in [0, 0.05) is 11.8 Å². The van der Waals surface area contributed by atoms with E-state index in [1.807, 2.05) is 38.3 Å². The summed E-state index contributed by atoms with van der Waals surface area (Å²) in [7, 11) is 0. The Morgan fingerprint density at radius 1 is 1.15 bits per heavy atom. The molecule has 1 aromatic heterocycles. The highest BCUT2D eigenvalue weighted by molar-refractivity contribution is 5.62. The summed E-state index contributed by atoms with van der Waals surface area (Å²) < 4.78 is 0. The van der Waals surface area contributed by atoms with Crippen LogP contribution < -0.4 is 0 Å². The first kappa shape index (κ1) is 9.72. The minimum absolute atomic E-state index is 1.03. The normalized spacial score (nSPS) is 11.6. The predicted octanol–water partition coefficient (Wildman–Crippen LogP) is 3.46. The molecule has 0 aliphatic heterocycles. The molecule has 68 valence electrons. The highest BCUT2D eigenvalue weighted by Gasteiger charge is 1.96. The molecule has 0 aliphatic rings. The highest BCUT2D eigenvalue weighted by Crippen LogP contribution is 2.11. The number of aryl methyl sites for hydroxylation is 1. The Labute approximate surface area is 79.8 Å². The van der Waals surface area contributed by atoms with Gasteiger partial charge in [-0.3, -0.25) is 4.98 Å². The fraction of sp³-hybridized carbons (Fsp3) is 0.250. The Morgan fingerprint density at radius 3 is 2.46 bits per heavy atom. The van der Waals surface area contributed by atoms with Crippen LogP contribution in [0.2, 0.25) is 0 Å². The monoisotopic (exact) mass is 173 g/mol. The van der Waals surface area contributed by atoms with Crippen LogP contribution in [0.25, 0.3) is 12.2 Å². The minimum Gasteiger partial charge on any atom is -0.256 e. The van der Waals surface area contributed by atoms with Crippen molar-refractivity contribution in [2.45, 2.75) is 20.8 Å². The van der Waals surface area contributed by atoms with E-state index in [2.05, 4.69) is 24.1 Å². The zero-order valence-electron chi connectivity index (χ0n) is 8.41. The number of hydrogen-bond donors (Lipinski definition) is 0. The van der Waals surface area contributed by atoms with Gasteiger partial charge < -0.3 is 0 Å². The molecular formula is C12H15N. The maximum Gasteiger partial charge on any atom is 0.0698 e. The SMILES string of the molecule is C/C=C\c1cc(C)cnc1/C=C\C. The van der Waals surface area contributed by atoms with Gasteiger partial charge in [-0.05, 0) is 38.5 Å². The molecule has 1 heteroatoms. The molecule has 0 bridgehead atoms. The van der Waals surface area contributed by atoms with Crippen molar-refractivity contribution in [3.63, 3.8) is 0 Å². The minimum atomic E-state index is 1.03. The topological polar surface area (TPSA) is 12.9 Å². The van der Waals surface area contributed by atoms with Gasteiger partial charge in [-0.2, -0.15) is 0 Å². The molecule has 0 atom stereocenters. The molecule has 1 nitrogen and oxygen atoms in total. The van der Waals surface area contributed by atoms with E-state index in [1.54, 1.807) is 0 Å². The Bertz CT molecular complexity index is 335. The van der Waals surface area contributed by atoms with E-state index in [-0.39, 0.29) is 0 Å². The number of pyridine rings is 1. The first-order valence-electron chi connectivity index (χ1n) is 4.50. The molecule has 0 saturated heterocycles. The Balaban J connectivity index is 3.18. The van der Waals surface area contributed by atoms with Crippen LogP contribution in [-0.2, 0) is 0 Å². The van der Waals surface area contributed by atoms with E-state index in [9.17, 15) is 0 Å². The second kappa shape index (κ2) is 4.61. The first-order valence-corrected chi connectivity index (χ1v) is 4.50. The molecule has 13 heavy (non-hydrogen) atoms. The number of aromatic nitrogens is 1. The van der Waals surface area contributed by atoms with Crippen molar-refractivity contribution in [3.8, 4) is 0 Å². The van der Waals surface area contributed by atoms with Crippen molar-refractivity contribution >= 4 is 12.2 Å². The molecule has 0 fully saturated rings. The van der Waals surface area contributed by atoms with Crippen molar-refractivity contribution in [3.05, 3.63) is 41.2 Å². The first-order chi connectivity index (χ1) is 6.27. The summed E-state index contributed by atoms with van der Waals surface area (Å²) in [6, 6.07) is 2.14. The van der Waals surface area contributed by atoms with Crippen LogP contribution in [0, 0.1) is 6.92 Å². The smallest absolute Gasteiger partial charge is 0.0698 e. The maximum absolute atomic E-state index is 4.35. The number of allylic oxidation sites excluding steroid dienone is 2. The summed E-state index contributed by atoms with van der Waals surface area (Å²) in [5.74, 6) is 0. The van der Waals surface area contributed by atoms with Crippen molar-refractivity contribution in [1.29, 1.82) is 0 Å². The van der Waals surface area contributed by atoms with Crippen LogP contribution >= 0.6 is 0 Å². The lowest BCUT2D eigenvalue weighted by Gasteiger charge is -2.00. The molecule has 0 unspecified atom stereocenters. The lowest BCUT2D eigenvalue weighted by molar-refractivity contribution is 1.23. The molecule has 1 rings (SSSR count). The third kappa shape index (κ3) is 2.55. The lowest BCUT2D eigenvalue weighted by atomic mass is 10.1. The summed E-state index contributed by atoms with van der Waals surface area (Å²) in [6.45, 7) is 6.07. The van der Waals surface area contributed by atoms with Gasteiger partial charge in [-0.25, -0.2) is 0 Å². The van der Waals surface area contributed by atoms with Gasteiger partial charge in [0.15, 0.2) is 0 Å². The van der Waals surface area contributed by atoms with E-state index in [4.69, 9.17) is 0 Å². The summed E-state index contributed by atoms with van der Waals surface area (Å²) in [4.78, 5) is 4.35. The van der Waals surface area contributed by atoms with Gasteiger partial charge in [0.2, 0.25) is 0 Å². The predicted molar refractivity (Wildman–Crippen MR) is 58.4 cm³/mol. The quantitative estimate of drug-likeness (QED) is 0.667. The van der Waals surface area contributed by atoms with Crippen molar-refractivity contribution in [2.75, 3.05) is 0 Å². The average Bonchev–Trinajstić information content (AvgIpc) is 2.10. The fourth-order valence-electron chi connectivity index (χ4n) is 1.21. The molecule has 0 radical (unpaired) electrons. The summed E-state index contributed by atoms with van der Waals surface area (Å²) in [5.41, 5.74) is 3.41. The molecule has 0 aliphatic carbocycles. The van der Waals surface area contributed by atoms with Gasteiger partial charge in [-0.15, -0.1) is 0 Å². The maximum atomic E-state index is 4.35. The second-order valence-corrected chi connectivity index (χ2v) is 2.99. The summed E-state index contributed by atoms with van der Waals surface area (Å²) >= 11 is 0. The van der Waals surface area contributed by atoms with E-state index >= 15 is 0 Å². The molecule has 0 amide bonds. The van der Waals surface area contributed by atoms with Crippen LogP contribution in [0.15, 0.2) is 24.4 Å². The number of nitrogens with zero attached hydrogens (tertiary/aromatic N) is 1. The molecule has 1 aromatic rings. The standard InChI is InChI=1S/C12H15N/c1-4-6-11-8-10(3)9-13-12(11)7-5-2/h4-9H,1-3H3/b6-4-,7-5-. The fourth-order valence-corrected chi connectivity index (χ4v) is 1.21. The molecular weight excluding hydrogens is 158 g/mol. The Morgan fingerprint density at radius 2 is 1.85 bits per heavy atom. The highest BCUT2D eigenvalue weighted by atomic mass is 14.7. The van der Waals surface area contributed by atoms with Crippen LogP contribution in [-0.4, -0.2) is 4.98 Å². The van der Waals surface area contributed by atoms with Gasteiger partial charge >= 0.3 is 0 Å². The van der Waals surface area contributed by atoms with Gasteiger partial charge in [0.1, 0.15) is 0 Å². The molecule has 0 N–H and O–H groups in total.